The van der Waals surface area contributed by atoms with E-state index < -0.39 is 11.5 Å². The molecule has 25 heavy (non-hydrogen) atoms. The Morgan fingerprint density at radius 3 is 2.76 bits per heavy atom. The number of rotatable bonds is 6. The molecule has 0 saturated heterocycles. The minimum atomic E-state index is -0.750. The van der Waals surface area contributed by atoms with Crippen LogP contribution in [0.4, 0.5) is 5.69 Å². The molecule has 0 atom stereocenters. The molecule has 0 aliphatic heterocycles. The van der Waals surface area contributed by atoms with E-state index in [1.54, 1.807) is 19.2 Å². The number of nitrogens with one attached hydrogen (secondary N) is 1. The number of nitrogens with zero attached hydrogens (tertiary/aromatic N) is 2. The SMILES string of the molecule is CCOC(=O)c1cnc(SC)n(CC(=O)Nc2cccc(C)c2)c1=O. The standard InChI is InChI=1S/C17H19N3O4S/c1-4-24-16(23)13-9-18-17(25-3)20(15(13)22)10-14(21)19-12-7-5-6-11(2)8-12/h5-9H,4,10H2,1-3H3,(H,19,21). The Morgan fingerprint density at radius 2 is 2.12 bits per heavy atom. The first kappa shape index (κ1) is 18.7. The Hall–Kier alpha value is -2.61. The van der Waals surface area contributed by atoms with E-state index in [1.165, 1.54) is 22.5 Å². The maximum Gasteiger partial charge on any atom is 0.345 e. The Kier molecular flexibility index (Phi) is 6.35. The molecule has 0 radical (unpaired) electrons. The van der Waals surface area contributed by atoms with Crippen molar-refractivity contribution in [2.24, 2.45) is 0 Å². The highest BCUT2D eigenvalue weighted by atomic mass is 32.2. The van der Waals surface area contributed by atoms with Gasteiger partial charge >= 0.3 is 5.97 Å². The first-order chi connectivity index (χ1) is 12.0. The third-order valence-corrected chi connectivity index (χ3v) is 3.98. The van der Waals surface area contributed by atoms with Crippen LogP contribution in [0.5, 0.6) is 0 Å². The molecule has 1 heterocycles. The molecular weight excluding hydrogens is 342 g/mol. The highest BCUT2D eigenvalue weighted by Gasteiger charge is 2.18. The quantitative estimate of drug-likeness (QED) is 0.481. The van der Waals surface area contributed by atoms with Crippen LogP contribution in [0.15, 0.2) is 40.4 Å². The number of thioether (sulfide) groups is 1. The van der Waals surface area contributed by atoms with Gasteiger partial charge in [-0.25, -0.2) is 9.78 Å². The molecule has 0 bridgehead atoms. The van der Waals surface area contributed by atoms with Crippen molar-refractivity contribution in [2.45, 2.75) is 25.5 Å². The second-order valence-corrected chi connectivity index (χ2v) is 5.96. The lowest BCUT2D eigenvalue weighted by atomic mass is 10.2. The summed E-state index contributed by atoms with van der Waals surface area (Å²) in [7, 11) is 0. The number of benzene rings is 1. The van der Waals surface area contributed by atoms with E-state index in [2.05, 4.69) is 10.3 Å². The highest BCUT2D eigenvalue weighted by Crippen LogP contribution is 2.12. The van der Waals surface area contributed by atoms with Gasteiger partial charge in [0.1, 0.15) is 12.1 Å². The predicted octanol–water partition coefficient (Wildman–Crippen LogP) is 2.09. The number of amides is 1. The zero-order chi connectivity index (χ0) is 18.4. The zero-order valence-corrected chi connectivity index (χ0v) is 15.1. The number of hydrogen-bond acceptors (Lipinski definition) is 6. The number of carbonyl (C=O) groups excluding carboxylic acids is 2. The average Bonchev–Trinajstić information content (AvgIpc) is 2.56. The molecule has 1 amide bonds. The second kappa shape index (κ2) is 8.48. The van der Waals surface area contributed by atoms with Gasteiger partial charge in [0.05, 0.1) is 12.8 Å². The third kappa shape index (κ3) is 4.69. The van der Waals surface area contributed by atoms with Gasteiger partial charge in [0.15, 0.2) is 5.16 Å². The topological polar surface area (TPSA) is 90.3 Å². The van der Waals surface area contributed by atoms with E-state index in [0.717, 1.165) is 5.56 Å². The van der Waals surface area contributed by atoms with Crippen molar-refractivity contribution in [1.29, 1.82) is 0 Å². The molecule has 7 nitrogen and oxygen atoms in total. The second-order valence-electron chi connectivity index (χ2n) is 5.19. The number of carbonyl (C=O) groups is 2. The lowest BCUT2D eigenvalue weighted by molar-refractivity contribution is -0.116. The van der Waals surface area contributed by atoms with Gasteiger partial charge in [0.25, 0.3) is 5.56 Å². The van der Waals surface area contributed by atoms with E-state index in [9.17, 15) is 14.4 Å². The molecule has 0 aliphatic carbocycles. The molecule has 2 rings (SSSR count). The van der Waals surface area contributed by atoms with E-state index in [-0.39, 0.29) is 24.6 Å². The first-order valence-corrected chi connectivity index (χ1v) is 8.86. The van der Waals surface area contributed by atoms with Crippen molar-refractivity contribution in [3.8, 4) is 0 Å². The van der Waals surface area contributed by atoms with E-state index in [0.29, 0.717) is 10.8 Å². The van der Waals surface area contributed by atoms with Crippen LogP contribution in [-0.4, -0.2) is 34.3 Å². The van der Waals surface area contributed by atoms with Crippen molar-refractivity contribution in [1.82, 2.24) is 9.55 Å². The van der Waals surface area contributed by atoms with Crippen molar-refractivity contribution >= 4 is 29.3 Å². The molecule has 0 aliphatic rings. The Morgan fingerprint density at radius 1 is 1.36 bits per heavy atom. The minimum absolute atomic E-state index is 0.149. The smallest absolute Gasteiger partial charge is 0.345 e. The van der Waals surface area contributed by atoms with Crippen LogP contribution in [0.25, 0.3) is 0 Å². The lowest BCUT2D eigenvalue weighted by Gasteiger charge is -2.12. The van der Waals surface area contributed by atoms with Gasteiger partial charge < -0.3 is 10.1 Å². The predicted molar refractivity (Wildman–Crippen MR) is 96.0 cm³/mol. The third-order valence-electron chi connectivity index (χ3n) is 3.29. The van der Waals surface area contributed by atoms with Crippen LogP contribution >= 0.6 is 11.8 Å². The summed E-state index contributed by atoms with van der Waals surface area (Å²) in [5.74, 6) is -1.13. The van der Waals surface area contributed by atoms with Crippen LogP contribution < -0.4 is 10.9 Å². The summed E-state index contributed by atoms with van der Waals surface area (Å²) in [4.78, 5) is 40.8. The minimum Gasteiger partial charge on any atom is -0.462 e. The van der Waals surface area contributed by atoms with Crippen molar-refractivity contribution < 1.29 is 14.3 Å². The fourth-order valence-corrected chi connectivity index (χ4v) is 2.72. The molecule has 1 N–H and O–H groups in total. The zero-order valence-electron chi connectivity index (χ0n) is 14.2. The first-order valence-electron chi connectivity index (χ1n) is 7.63. The largest absolute Gasteiger partial charge is 0.462 e. The summed E-state index contributed by atoms with van der Waals surface area (Å²) < 4.78 is 6.02. The van der Waals surface area contributed by atoms with Crippen molar-refractivity contribution in [3.05, 3.63) is 51.9 Å². The van der Waals surface area contributed by atoms with Gasteiger partial charge in [-0.05, 0) is 37.8 Å². The number of aromatic nitrogens is 2. The summed E-state index contributed by atoms with van der Waals surface area (Å²) >= 11 is 1.21. The molecule has 2 aromatic rings. The molecule has 0 saturated carbocycles. The average molecular weight is 361 g/mol. The number of hydrogen-bond donors (Lipinski definition) is 1. The molecular formula is C17H19N3O4S. The van der Waals surface area contributed by atoms with Gasteiger partial charge in [-0.1, -0.05) is 23.9 Å². The molecule has 0 fully saturated rings. The fraction of sp³-hybridized carbons (Fsp3) is 0.294. The summed E-state index contributed by atoms with van der Waals surface area (Å²) in [5.41, 5.74) is 0.851. The lowest BCUT2D eigenvalue weighted by Crippen LogP contribution is -2.33. The van der Waals surface area contributed by atoms with Crippen LogP contribution in [0.2, 0.25) is 0 Å². The van der Waals surface area contributed by atoms with Gasteiger partial charge in [0.2, 0.25) is 5.91 Å². The van der Waals surface area contributed by atoms with Gasteiger partial charge in [-0.15, -0.1) is 0 Å². The highest BCUT2D eigenvalue weighted by molar-refractivity contribution is 7.98. The van der Waals surface area contributed by atoms with Gasteiger partial charge in [-0.2, -0.15) is 0 Å². The maximum absolute atomic E-state index is 12.5. The Bertz CT molecular complexity index is 848. The molecule has 0 unspecified atom stereocenters. The van der Waals surface area contributed by atoms with Gasteiger partial charge in [0, 0.05) is 5.69 Å². The van der Waals surface area contributed by atoms with Crippen molar-refractivity contribution in [3.63, 3.8) is 0 Å². The Labute approximate surface area is 149 Å². The normalized spacial score (nSPS) is 10.4. The number of esters is 1. The number of anilines is 1. The van der Waals surface area contributed by atoms with Crippen LogP contribution in [-0.2, 0) is 16.1 Å². The Balaban J connectivity index is 2.27. The van der Waals surface area contributed by atoms with Gasteiger partial charge in [-0.3, -0.25) is 14.2 Å². The van der Waals surface area contributed by atoms with Crippen LogP contribution in [0.1, 0.15) is 22.8 Å². The van der Waals surface area contributed by atoms with E-state index in [4.69, 9.17) is 4.74 Å². The summed E-state index contributed by atoms with van der Waals surface area (Å²) in [6, 6.07) is 7.33. The number of ether oxygens (including phenoxy) is 1. The molecule has 132 valence electrons. The van der Waals surface area contributed by atoms with E-state index in [1.807, 2.05) is 25.1 Å². The molecule has 1 aromatic heterocycles. The summed E-state index contributed by atoms with van der Waals surface area (Å²) in [5, 5.41) is 3.08. The number of aryl methyl sites for hydroxylation is 1. The van der Waals surface area contributed by atoms with Crippen molar-refractivity contribution in [2.75, 3.05) is 18.2 Å². The summed E-state index contributed by atoms with van der Waals surface area (Å²) in [6.07, 6.45) is 2.92. The summed E-state index contributed by atoms with van der Waals surface area (Å²) in [6.45, 7) is 3.47. The monoisotopic (exact) mass is 361 g/mol. The molecule has 8 heteroatoms. The molecule has 0 spiro atoms. The van der Waals surface area contributed by atoms with Crippen LogP contribution in [0.3, 0.4) is 0 Å². The maximum atomic E-state index is 12.5. The molecule has 1 aromatic carbocycles. The van der Waals surface area contributed by atoms with E-state index >= 15 is 0 Å². The van der Waals surface area contributed by atoms with Crippen LogP contribution in [0, 0.1) is 6.92 Å². The fourth-order valence-electron chi connectivity index (χ4n) is 2.20.